The zero-order valence-electron chi connectivity index (χ0n) is 64.7. The lowest BCUT2D eigenvalue weighted by atomic mass is 9.77. The van der Waals surface area contributed by atoms with Crippen molar-refractivity contribution in [3.05, 3.63) is 100 Å². The van der Waals surface area contributed by atoms with E-state index < -0.39 is 151 Å². The highest BCUT2D eigenvalue weighted by Gasteiger charge is 2.53. The van der Waals surface area contributed by atoms with Gasteiger partial charge >= 0.3 is 11.9 Å². The Hall–Kier alpha value is -6.70. The van der Waals surface area contributed by atoms with Gasteiger partial charge in [-0.15, -0.1) is 0 Å². The molecule has 0 spiro atoms. The summed E-state index contributed by atoms with van der Waals surface area (Å²) in [6.45, 7) is 21.8. The second-order valence-corrected chi connectivity index (χ2v) is 31.0. The topological polar surface area (TPSA) is 352 Å². The molecule has 0 bridgehead atoms. The Morgan fingerprint density at radius 1 is 0.868 bits per heavy atom. The third kappa shape index (κ3) is 21.8. The number of carboxylic acids is 1. The van der Waals surface area contributed by atoms with Gasteiger partial charge < -0.3 is 84.6 Å². The van der Waals surface area contributed by atoms with Gasteiger partial charge in [-0.25, -0.2) is 4.99 Å². The monoisotopic (exact) mass is 1500 g/mol. The molecule has 3 aliphatic rings. The minimum atomic E-state index is -2.08. The van der Waals surface area contributed by atoms with Crippen LogP contribution in [0, 0.1) is 30.6 Å². The number of aliphatic carboxylic acids is 1. The van der Waals surface area contributed by atoms with E-state index in [0.717, 1.165) is 0 Å². The van der Waals surface area contributed by atoms with Crippen molar-refractivity contribution in [2.45, 2.75) is 238 Å². The SMILES string of the molecule is CCC1OC(=O)C(C)C(OC2CC(C)(OC)C(O)C(C)O2)C(C)C(OC2OC(C)CC(N(C)C)C2O)C(C)(O)CC(C)CN(CCCNC(=NCC(=O)O)N(CCC(C)C)C(=O)C(Cc2ccccc2)NC(=O)CNC(=O)Cc2c(C)n(C(=O)c3ccc(Cl)cc3)c3ccc(OC)cc23)C(C)C(O)C1(C)O. The quantitative estimate of drug-likeness (QED) is 0.0145. The number of likely N-dealkylation sites (N-methyl/N-ethyl adjacent to an activating group) is 1. The highest BCUT2D eigenvalue weighted by atomic mass is 35.5. The predicted molar refractivity (Wildman–Crippen MR) is 400 cm³/mol. The fraction of sp³-hybridized carbons (Fsp3) is 0.654. The van der Waals surface area contributed by atoms with Gasteiger partial charge in [0.2, 0.25) is 17.8 Å². The number of carbonyl (C=O) groups is 6. The van der Waals surface area contributed by atoms with Gasteiger partial charge in [0.05, 0.1) is 67.1 Å². The lowest BCUT2D eigenvalue weighted by Crippen LogP contribution is -2.60. The number of guanidine groups is 1. The Kier molecular flexibility index (Phi) is 31.1. The molecule has 3 aliphatic heterocycles. The van der Waals surface area contributed by atoms with Crippen LogP contribution in [0.4, 0.5) is 0 Å². The molecule has 0 radical (unpaired) electrons. The van der Waals surface area contributed by atoms with Gasteiger partial charge in [0.25, 0.3) is 11.8 Å². The number of cyclic esters (lactones) is 1. The highest BCUT2D eigenvalue weighted by Crippen LogP contribution is 2.41. The first-order valence-electron chi connectivity index (χ1n) is 37.0. The summed E-state index contributed by atoms with van der Waals surface area (Å²) in [5, 5.41) is 81.6. The van der Waals surface area contributed by atoms with Crippen molar-refractivity contribution in [3.63, 3.8) is 0 Å². The number of hydrogen-bond donors (Lipinski definition) is 9. The van der Waals surface area contributed by atoms with Crippen molar-refractivity contribution in [2.24, 2.45) is 28.7 Å². The first kappa shape index (κ1) is 86.5. The van der Waals surface area contributed by atoms with Crippen LogP contribution in [0.25, 0.3) is 10.9 Å². The predicted octanol–water partition coefficient (Wildman–Crippen LogP) is 6.27. The summed E-state index contributed by atoms with van der Waals surface area (Å²) in [5.74, 6) is -6.46. The maximum atomic E-state index is 15.4. The summed E-state index contributed by atoms with van der Waals surface area (Å²) in [6, 6.07) is 18.0. The Morgan fingerprint density at radius 2 is 1.55 bits per heavy atom. The molecule has 106 heavy (non-hydrogen) atoms. The van der Waals surface area contributed by atoms with Crippen molar-refractivity contribution in [3.8, 4) is 5.75 Å². The second-order valence-electron chi connectivity index (χ2n) is 30.6. The van der Waals surface area contributed by atoms with Crippen molar-refractivity contribution < 1.29 is 92.6 Å². The molecular weight excluding hydrogens is 1390 g/mol. The van der Waals surface area contributed by atoms with Crippen LogP contribution in [0.2, 0.25) is 5.02 Å². The average molecular weight is 1510 g/mol. The zero-order chi connectivity index (χ0) is 78.4. The maximum absolute atomic E-state index is 15.4. The van der Waals surface area contributed by atoms with Crippen molar-refractivity contribution in [1.29, 1.82) is 0 Å². The average Bonchev–Trinajstić information content (AvgIpc) is 1.57. The van der Waals surface area contributed by atoms with E-state index in [9.17, 15) is 54.6 Å². The number of hydrogen-bond acceptors (Lipinski definition) is 21. The molecule has 19 atom stereocenters. The number of rotatable bonds is 26. The number of methoxy groups -OCH3 is 2. The number of aliphatic hydroxyl groups excluding tert-OH is 3. The molecule has 9 N–H and O–H groups in total. The largest absolute Gasteiger partial charge is 0.497 e. The number of aromatic nitrogens is 1. The van der Waals surface area contributed by atoms with Gasteiger partial charge in [0, 0.05) is 85.8 Å². The molecule has 27 nitrogen and oxygen atoms in total. The molecule has 28 heteroatoms. The van der Waals surface area contributed by atoms with E-state index in [1.165, 1.54) is 30.6 Å². The van der Waals surface area contributed by atoms with Crippen LogP contribution in [0.5, 0.6) is 5.75 Å². The van der Waals surface area contributed by atoms with E-state index in [0.29, 0.717) is 56.9 Å². The van der Waals surface area contributed by atoms with Crippen molar-refractivity contribution in [2.75, 3.05) is 67.6 Å². The molecular formula is C78H117ClN8O19. The molecule has 3 saturated heterocycles. The maximum Gasteiger partial charge on any atom is 0.325 e. The molecule has 19 unspecified atom stereocenters. The second kappa shape index (κ2) is 38.1. The number of benzene rings is 3. The Bertz CT molecular complexity index is 3620. The summed E-state index contributed by atoms with van der Waals surface area (Å²) in [7, 11) is 6.67. The van der Waals surface area contributed by atoms with Crippen LogP contribution in [-0.4, -0.2) is 255 Å². The number of amides is 3. The number of carbonyl (C=O) groups excluding carboxylic acids is 5. The van der Waals surface area contributed by atoms with Crippen LogP contribution in [0.3, 0.4) is 0 Å². The minimum Gasteiger partial charge on any atom is -0.497 e. The molecule has 4 aromatic rings. The number of fused-ring (bicyclic) bond motifs is 1. The van der Waals surface area contributed by atoms with E-state index in [2.05, 4.69) is 20.9 Å². The molecule has 3 aromatic carbocycles. The number of nitrogens with zero attached hydrogens (tertiary/aromatic N) is 5. The van der Waals surface area contributed by atoms with Crippen LogP contribution in [0.15, 0.2) is 77.8 Å². The van der Waals surface area contributed by atoms with Gasteiger partial charge in [0.15, 0.2) is 12.6 Å². The minimum absolute atomic E-state index is 0.0168. The fourth-order valence-electron chi connectivity index (χ4n) is 15.1. The number of halogens is 1. The number of aliphatic hydroxyl groups is 5. The van der Waals surface area contributed by atoms with Crippen LogP contribution >= 0.6 is 11.6 Å². The Labute approximate surface area is 628 Å². The van der Waals surface area contributed by atoms with E-state index in [1.807, 2.05) is 51.6 Å². The molecule has 4 heterocycles. The molecule has 3 amide bonds. The molecule has 1 aromatic heterocycles. The van der Waals surface area contributed by atoms with Gasteiger partial charge in [0.1, 0.15) is 48.4 Å². The molecule has 0 saturated carbocycles. The van der Waals surface area contributed by atoms with E-state index in [4.69, 9.17) is 44.8 Å². The third-order valence-corrected chi connectivity index (χ3v) is 21.5. The van der Waals surface area contributed by atoms with Gasteiger partial charge in [-0.2, -0.15) is 0 Å². The van der Waals surface area contributed by atoms with E-state index in [1.54, 1.807) is 128 Å². The first-order chi connectivity index (χ1) is 49.9. The molecule has 0 aliphatic carbocycles. The lowest BCUT2D eigenvalue weighted by molar-refractivity contribution is -0.318. The third-order valence-electron chi connectivity index (χ3n) is 21.3. The Morgan fingerprint density at radius 3 is 2.17 bits per heavy atom. The summed E-state index contributed by atoms with van der Waals surface area (Å²) in [5.41, 5.74) is -2.45. The number of aliphatic imine (C=N–C) groups is 1. The van der Waals surface area contributed by atoms with Crippen molar-refractivity contribution >= 4 is 64.0 Å². The van der Waals surface area contributed by atoms with E-state index >= 15 is 4.79 Å². The summed E-state index contributed by atoms with van der Waals surface area (Å²) in [4.78, 5) is 94.7. The van der Waals surface area contributed by atoms with Gasteiger partial charge in [-0.3, -0.25) is 43.1 Å². The summed E-state index contributed by atoms with van der Waals surface area (Å²) >= 11 is 6.15. The summed E-state index contributed by atoms with van der Waals surface area (Å²) in [6.07, 6.45) is -10.0. The van der Waals surface area contributed by atoms with Crippen LogP contribution < -0.4 is 20.7 Å². The number of ether oxygens (including phenoxy) is 7. The molecule has 7 rings (SSSR count). The number of carboxylic acid groups (broad SMARTS) is 1. The molecule has 3 fully saturated rings. The van der Waals surface area contributed by atoms with Gasteiger partial charge in [-0.1, -0.05) is 76.6 Å². The molecule has 590 valence electrons. The summed E-state index contributed by atoms with van der Waals surface area (Å²) < 4.78 is 45.6. The van der Waals surface area contributed by atoms with Crippen LogP contribution in [0.1, 0.15) is 149 Å². The first-order valence-corrected chi connectivity index (χ1v) is 37.4. The standard InChI is InChI=1S/C78H117ClN8O19/c1-18-61-78(13,99)68(93)50(9)85(43-45(4)39-76(11,98)70(106-74-66(92)60(84(14)15)35-46(5)102-74)47(6)67(48(7)73(97)104-61)105-65-40-77(12,101-17)69(94)51(10)103-65)33-22-32-80-75(82-42-64(90)91)86(34-31-44(2)3)72(96)58(36-52-23-20-19-21-24-52)83-63(89)41-81-62(88)38-56-49(8)87(59-30-29-55(100-16)37-57(56)59)71(95)53-25-27-54(79)28-26-53/h19-21,23-30,37,44-48,50-51,58,60-61,65-70,74,92-94,98-99H,18,22,31-36,38-43H2,1-17H3,(H,80,82)(H,81,88)(H,83,89)(H,90,91). The van der Waals surface area contributed by atoms with Crippen molar-refractivity contribution in [1.82, 2.24) is 35.2 Å². The normalized spacial score (nSPS) is 30.6. The van der Waals surface area contributed by atoms with Gasteiger partial charge in [-0.05, 0) is 167 Å². The highest BCUT2D eigenvalue weighted by molar-refractivity contribution is 6.30. The van der Waals surface area contributed by atoms with E-state index in [-0.39, 0.29) is 88.6 Å². The Balaban J connectivity index is 1.16. The lowest BCUT2D eigenvalue weighted by Gasteiger charge is -2.48. The van der Waals surface area contributed by atoms with Crippen LogP contribution in [-0.2, 0) is 65.2 Å². The fourth-order valence-corrected chi connectivity index (χ4v) is 15.3. The smallest absolute Gasteiger partial charge is 0.325 e. The number of esters is 1. The zero-order valence-corrected chi connectivity index (χ0v) is 65.5. The number of nitrogens with one attached hydrogen (secondary N) is 3.